The third kappa shape index (κ3) is 0.905. The summed E-state index contributed by atoms with van der Waals surface area (Å²) in [6.07, 6.45) is 4.88. The van der Waals surface area contributed by atoms with Crippen LogP contribution in [0.15, 0.2) is 0 Å². The van der Waals surface area contributed by atoms with Crippen LogP contribution in [0.3, 0.4) is 0 Å². The summed E-state index contributed by atoms with van der Waals surface area (Å²) in [5.41, 5.74) is 0.555. The molecule has 3 atom stereocenters. The Balaban J connectivity index is 2.07. The van der Waals surface area contributed by atoms with Gasteiger partial charge in [0.15, 0.2) is 0 Å². The minimum Gasteiger partial charge on any atom is -0.198 e. The van der Waals surface area contributed by atoms with Gasteiger partial charge in [0, 0.05) is 6.42 Å². The van der Waals surface area contributed by atoms with Crippen molar-refractivity contribution in [3.05, 3.63) is 0 Å². The molecule has 1 heteroatoms. The standard InChI is InChI=1S/C11H17N/c1-11(2)9-4-3-8(5-6-12)10(11)7-9/h8-10H,3-5,7H2,1-2H3/t8-,9+,10-/m1/s1. The molecule has 0 aromatic carbocycles. The quantitative estimate of drug-likeness (QED) is 0.583. The Morgan fingerprint density at radius 2 is 2.17 bits per heavy atom. The molecule has 0 amide bonds. The van der Waals surface area contributed by atoms with Crippen LogP contribution in [-0.2, 0) is 0 Å². The molecule has 2 bridgehead atoms. The van der Waals surface area contributed by atoms with E-state index in [0.29, 0.717) is 5.41 Å². The zero-order valence-corrected chi connectivity index (χ0v) is 8.01. The fraction of sp³-hybridized carbons (Fsp3) is 0.909. The lowest BCUT2D eigenvalue weighted by atomic mass is 9.45. The van der Waals surface area contributed by atoms with Crippen molar-refractivity contribution in [2.24, 2.45) is 23.2 Å². The van der Waals surface area contributed by atoms with Crippen LogP contribution in [-0.4, -0.2) is 0 Å². The monoisotopic (exact) mass is 163 g/mol. The van der Waals surface area contributed by atoms with E-state index in [4.69, 9.17) is 5.26 Å². The number of hydrogen-bond donors (Lipinski definition) is 0. The molecule has 0 N–H and O–H groups in total. The van der Waals surface area contributed by atoms with Gasteiger partial charge in [0.05, 0.1) is 6.07 Å². The molecule has 0 spiro atoms. The highest BCUT2D eigenvalue weighted by Crippen LogP contribution is 2.61. The predicted octanol–water partition coefficient (Wildman–Crippen LogP) is 2.97. The van der Waals surface area contributed by atoms with Crippen LogP contribution in [0, 0.1) is 34.5 Å². The summed E-state index contributed by atoms with van der Waals surface area (Å²) >= 11 is 0. The van der Waals surface area contributed by atoms with E-state index in [1.165, 1.54) is 19.3 Å². The first-order valence-corrected chi connectivity index (χ1v) is 5.03. The molecule has 0 aliphatic heterocycles. The van der Waals surface area contributed by atoms with Crippen molar-refractivity contribution in [3.63, 3.8) is 0 Å². The van der Waals surface area contributed by atoms with Crippen LogP contribution < -0.4 is 0 Å². The minimum atomic E-state index is 0.555. The molecule has 0 unspecified atom stereocenters. The van der Waals surface area contributed by atoms with Crippen molar-refractivity contribution in [3.8, 4) is 6.07 Å². The van der Waals surface area contributed by atoms with Crippen LogP contribution in [0.4, 0.5) is 0 Å². The Morgan fingerprint density at radius 1 is 1.42 bits per heavy atom. The number of hydrogen-bond acceptors (Lipinski definition) is 1. The predicted molar refractivity (Wildman–Crippen MR) is 48.3 cm³/mol. The fourth-order valence-electron chi connectivity index (χ4n) is 3.32. The first kappa shape index (κ1) is 8.10. The number of nitriles is 1. The molecule has 0 radical (unpaired) electrons. The Hall–Kier alpha value is -0.510. The smallest absolute Gasteiger partial charge is 0.0624 e. The molecule has 3 fully saturated rings. The topological polar surface area (TPSA) is 23.8 Å². The van der Waals surface area contributed by atoms with Crippen LogP contribution >= 0.6 is 0 Å². The third-order valence-corrected chi connectivity index (χ3v) is 4.35. The van der Waals surface area contributed by atoms with Gasteiger partial charge in [0.25, 0.3) is 0 Å². The van der Waals surface area contributed by atoms with Gasteiger partial charge in [0.1, 0.15) is 0 Å². The minimum absolute atomic E-state index is 0.555. The van der Waals surface area contributed by atoms with Gasteiger partial charge in [-0.1, -0.05) is 13.8 Å². The van der Waals surface area contributed by atoms with E-state index in [1.54, 1.807) is 0 Å². The summed E-state index contributed by atoms with van der Waals surface area (Å²) in [5.74, 6) is 2.54. The van der Waals surface area contributed by atoms with Gasteiger partial charge in [-0.3, -0.25) is 0 Å². The maximum atomic E-state index is 8.67. The van der Waals surface area contributed by atoms with E-state index < -0.39 is 0 Å². The van der Waals surface area contributed by atoms with Gasteiger partial charge < -0.3 is 0 Å². The normalized spacial score (nSPS) is 42.9. The zero-order valence-electron chi connectivity index (χ0n) is 8.01. The van der Waals surface area contributed by atoms with Gasteiger partial charge in [-0.15, -0.1) is 0 Å². The summed E-state index contributed by atoms with van der Waals surface area (Å²) < 4.78 is 0. The lowest BCUT2D eigenvalue weighted by molar-refractivity contribution is -0.103. The molecule has 3 aliphatic rings. The summed E-state index contributed by atoms with van der Waals surface area (Å²) in [5, 5.41) is 8.67. The molecule has 0 aromatic rings. The Labute approximate surface area is 74.8 Å². The molecule has 3 rings (SSSR count). The summed E-state index contributed by atoms with van der Waals surface area (Å²) in [4.78, 5) is 0. The number of fused-ring (bicyclic) bond motifs is 2. The fourth-order valence-corrected chi connectivity index (χ4v) is 3.32. The Kier molecular flexibility index (Phi) is 1.68. The highest BCUT2D eigenvalue weighted by Gasteiger charge is 2.53. The number of rotatable bonds is 1. The average Bonchev–Trinajstić information content (AvgIpc) is 2.05. The highest BCUT2D eigenvalue weighted by atomic mass is 14.6. The van der Waals surface area contributed by atoms with Crippen molar-refractivity contribution in [2.45, 2.75) is 39.5 Å². The molecule has 1 nitrogen and oxygen atoms in total. The van der Waals surface area contributed by atoms with Crippen molar-refractivity contribution in [2.75, 3.05) is 0 Å². The van der Waals surface area contributed by atoms with Gasteiger partial charge in [-0.25, -0.2) is 0 Å². The first-order valence-electron chi connectivity index (χ1n) is 5.03. The van der Waals surface area contributed by atoms with Crippen molar-refractivity contribution in [1.82, 2.24) is 0 Å². The van der Waals surface area contributed by atoms with E-state index in [2.05, 4.69) is 19.9 Å². The van der Waals surface area contributed by atoms with Crippen LogP contribution in [0.1, 0.15) is 39.5 Å². The van der Waals surface area contributed by atoms with E-state index in [9.17, 15) is 0 Å². The van der Waals surface area contributed by atoms with E-state index >= 15 is 0 Å². The molecule has 0 heterocycles. The maximum Gasteiger partial charge on any atom is 0.0624 e. The van der Waals surface area contributed by atoms with E-state index in [-0.39, 0.29) is 0 Å². The molecule has 12 heavy (non-hydrogen) atoms. The first-order chi connectivity index (χ1) is 5.66. The second-order valence-corrected chi connectivity index (χ2v) is 5.06. The molecule has 3 aliphatic carbocycles. The molecule has 66 valence electrons. The molecular weight excluding hydrogens is 146 g/mol. The van der Waals surface area contributed by atoms with Crippen LogP contribution in [0.2, 0.25) is 0 Å². The average molecular weight is 163 g/mol. The summed E-state index contributed by atoms with van der Waals surface area (Å²) in [7, 11) is 0. The highest BCUT2D eigenvalue weighted by molar-refractivity contribution is 5.04. The molecule has 0 saturated heterocycles. The number of nitrogens with zero attached hydrogens (tertiary/aromatic N) is 1. The van der Waals surface area contributed by atoms with Gasteiger partial charge in [-0.05, 0) is 42.4 Å². The molecular formula is C11H17N. The SMILES string of the molecule is CC1(C)[C@H]2CC[C@H](CC#N)[C@H]1C2. The lowest BCUT2D eigenvalue weighted by Gasteiger charge is -2.60. The van der Waals surface area contributed by atoms with Crippen molar-refractivity contribution < 1.29 is 0 Å². The Morgan fingerprint density at radius 3 is 2.67 bits per heavy atom. The maximum absolute atomic E-state index is 8.67. The third-order valence-electron chi connectivity index (χ3n) is 4.35. The van der Waals surface area contributed by atoms with Crippen molar-refractivity contribution >= 4 is 0 Å². The van der Waals surface area contributed by atoms with Gasteiger partial charge >= 0.3 is 0 Å². The largest absolute Gasteiger partial charge is 0.198 e. The molecule has 3 saturated carbocycles. The summed E-state index contributed by atoms with van der Waals surface area (Å²) in [6, 6.07) is 2.33. The zero-order chi connectivity index (χ0) is 8.77. The van der Waals surface area contributed by atoms with Gasteiger partial charge in [0.2, 0.25) is 0 Å². The second-order valence-electron chi connectivity index (χ2n) is 5.06. The second kappa shape index (κ2) is 2.49. The molecule has 0 aromatic heterocycles. The van der Waals surface area contributed by atoms with Gasteiger partial charge in [-0.2, -0.15) is 5.26 Å². The summed E-state index contributed by atoms with van der Waals surface area (Å²) in [6.45, 7) is 4.77. The lowest BCUT2D eigenvalue weighted by Crippen LogP contribution is -2.52. The van der Waals surface area contributed by atoms with Crippen LogP contribution in [0.25, 0.3) is 0 Å². The van der Waals surface area contributed by atoms with Crippen LogP contribution in [0.5, 0.6) is 0 Å². The Bertz CT molecular complexity index is 222. The van der Waals surface area contributed by atoms with Crippen molar-refractivity contribution in [1.29, 1.82) is 5.26 Å². The van der Waals surface area contributed by atoms with E-state index in [1.807, 2.05) is 0 Å². The van der Waals surface area contributed by atoms with E-state index in [0.717, 1.165) is 24.2 Å².